The number of carbonyl (C=O) groups is 2. The summed E-state index contributed by atoms with van der Waals surface area (Å²) in [5, 5.41) is 2.72. The van der Waals surface area contributed by atoms with Crippen LogP contribution in [0.4, 0.5) is 5.69 Å². The van der Waals surface area contributed by atoms with Crippen molar-refractivity contribution in [2.45, 2.75) is 26.3 Å². The first-order valence-corrected chi connectivity index (χ1v) is 8.34. The Morgan fingerprint density at radius 1 is 1.24 bits per heavy atom. The van der Waals surface area contributed by atoms with Crippen molar-refractivity contribution < 1.29 is 14.0 Å². The van der Waals surface area contributed by atoms with Crippen LogP contribution in [0.2, 0.25) is 0 Å². The summed E-state index contributed by atoms with van der Waals surface area (Å²) in [4.78, 5) is 26.2. The zero-order valence-corrected chi connectivity index (χ0v) is 14.9. The number of nitrogens with zero attached hydrogens (tertiary/aromatic N) is 1. The monoisotopic (exact) mass is 343 g/mol. The molecule has 0 saturated heterocycles. The van der Waals surface area contributed by atoms with E-state index in [1.807, 2.05) is 0 Å². The van der Waals surface area contributed by atoms with Crippen LogP contribution < -0.4 is 11.1 Å². The van der Waals surface area contributed by atoms with E-state index in [1.54, 1.807) is 48.3 Å². The van der Waals surface area contributed by atoms with Crippen molar-refractivity contribution in [3.05, 3.63) is 54.0 Å². The van der Waals surface area contributed by atoms with E-state index in [2.05, 4.69) is 19.2 Å². The predicted octanol–water partition coefficient (Wildman–Crippen LogP) is 2.98. The predicted molar refractivity (Wildman–Crippen MR) is 97.5 cm³/mol. The number of carbonyl (C=O) groups excluding carboxylic acids is 2. The summed E-state index contributed by atoms with van der Waals surface area (Å²) in [6.45, 7) is 4.72. The zero-order valence-electron chi connectivity index (χ0n) is 14.9. The third-order valence-electron chi connectivity index (χ3n) is 4.11. The van der Waals surface area contributed by atoms with Crippen molar-refractivity contribution in [3.63, 3.8) is 0 Å². The van der Waals surface area contributed by atoms with E-state index in [-0.39, 0.29) is 23.6 Å². The van der Waals surface area contributed by atoms with E-state index in [0.717, 1.165) is 6.42 Å². The summed E-state index contributed by atoms with van der Waals surface area (Å²) >= 11 is 0. The highest BCUT2D eigenvalue weighted by Gasteiger charge is 2.15. The molecule has 1 aromatic carbocycles. The number of nitrogens with two attached hydrogens (primary N) is 1. The van der Waals surface area contributed by atoms with Gasteiger partial charge in [0.1, 0.15) is 0 Å². The molecule has 0 radical (unpaired) electrons. The lowest BCUT2D eigenvalue weighted by Gasteiger charge is -2.21. The Balaban J connectivity index is 1.99. The molecule has 0 spiro atoms. The van der Waals surface area contributed by atoms with Gasteiger partial charge in [-0.2, -0.15) is 0 Å². The minimum absolute atomic E-state index is 0.0640. The number of rotatable bonds is 7. The number of furan rings is 1. The highest BCUT2D eigenvalue weighted by molar-refractivity contribution is 6.03. The number of amides is 2. The van der Waals surface area contributed by atoms with E-state index >= 15 is 0 Å². The average Bonchev–Trinajstić information content (AvgIpc) is 3.13. The number of nitrogens with one attached hydrogen (secondary N) is 1. The molecule has 25 heavy (non-hydrogen) atoms. The molecule has 2 amide bonds. The smallest absolute Gasteiger partial charge is 0.291 e. The highest BCUT2D eigenvalue weighted by Crippen LogP contribution is 2.15. The highest BCUT2D eigenvalue weighted by atomic mass is 16.3. The van der Waals surface area contributed by atoms with E-state index in [9.17, 15) is 9.59 Å². The van der Waals surface area contributed by atoms with Crippen molar-refractivity contribution in [2.24, 2.45) is 11.7 Å². The maximum absolute atomic E-state index is 12.5. The second-order valence-corrected chi connectivity index (χ2v) is 6.44. The van der Waals surface area contributed by atoms with Gasteiger partial charge in [-0.3, -0.25) is 9.59 Å². The Bertz CT molecular complexity index is 710. The van der Waals surface area contributed by atoms with Crippen LogP contribution in [-0.4, -0.2) is 36.3 Å². The summed E-state index contributed by atoms with van der Waals surface area (Å²) < 4.78 is 5.06. The Morgan fingerprint density at radius 2 is 2.00 bits per heavy atom. The molecular weight excluding hydrogens is 318 g/mol. The van der Waals surface area contributed by atoms with Gasteiger partial charge < -0.3 is 20.4 Å². The molecule has 6 nitrogen and oxygen atoms in total. The first-order chi connectivity index (χ1) is 11.9. The summed E-state index contributed by atoms with van der Waals surface area (Å²) in [6.07, 6.45) is 2.18. The molecule has 2 aromatic rings. The minimum Gasteiger partial charge on any atom is -0.459 e. The van der Waals surface area contributed by atoms with E-state index < -0.39 is 0 Å². The van der Waals surface area contributed by atoms with Gasteiger partial charge in [-0.1, -0.05) is 19.9 Å². The average molecular weight is 343 g/mol. The van der Waals surface area contributed by atoms with Crippen LogP contribution >= 0.6 is 0 Å². The van der Waals surface area contributed by atoms with Gasteiger partial charge in [0.05, 0.1) is 6.26 Å². The molecule has 0 aliphatic carbocycles. The van der Waals surface area contributed by atoms with Crippen LogP contribution in [0.3, 0.4) is 0 Å². The Kier molecular flexibility index (Phi) is 6.36. The number of hydrogen-bond donors (Lipinski definition) is 2. The fourth-order valence-corrected chi connectivity index (χ4v) is 2.33. The summed E-state index contributed by atoms with van der Waals surface area (Å²) in [7, 11) is 1.75. The minimum atomic E-state index is -0.356. The second kappa shape index (κ2) is 8.48. The molecular formula is C19H25N3O3. The summed E-state index contributed by atoms with van der Waals surface area (Å²) in [6, 6.07) is 10.1. The van der Waals surface area contributed by atoms with Gasteiger partial charge >= 0.3 is 0 Å². The molecule has 1 unspecified atom stereocenters. The second-order valence-electron chi connectivity index (χ2n) is 6.44. The lowest BCUT2D eigenvalue weighted by Crippen LogP contribution is -2.34. The fraction of sp³-hybridized carbons (Fsp3) is 0.368. The van der Waals surface area contributed by atoms with Crippen molar-refractivity contribution in [2.75, 3.05) is 18.9 Å². The zero-order chi connectivity index (χ0) is 18.4. The molecule has 1 atom stereocenters. The molecule has 0 aliphatic heterocycles. The Labute approximate surface area is 148 Å². The lowest BCUT2D eigenvalue weighted by molar-refractivity contribution is 0.0788. The summed E-state index contributed by atoms with van der Waals surface area (Å²) in [5.74, 6) is 0.135. The van der Waals surface area contributed by atoms with Crippen LogP contribution in [0.1, 0.15) is 41.2 Å². The van der Waals surface area contributed by atoms with E-state index in [0.29, 0.717) is 23.7 Å². The van der Waals surface area contributed by atoms with Crippen LogP contribution in [0.25, 0.3) is 0 Å². The van der Waals surface area contributed by atoms with Gasteiger partial charge in [0.25, 0.3) is 11.8 Å². The van der Waals surface area contributed by atoms with Crippen LogP contribution in [-0.2, 0) is 0 Å². The van der Waals surface area contributed by atoms with Crippen molar-refractivity contribution >= 4 is 17.5 Å². The Morgan fingerprint density at radius 3 is 2.64 bits per heavy atom. The van der Waals surface area contributed by atoms with Crippen molar-refractivity contribution in [1.29, 1.82) is 0 Å². The van der Waals surface area contributed by atoms with Crippen molar-refractivity contribution in [3.8, 4) is 0 Å². The molecule has 1 aromatic heterocycles. The molecule has 0 saturated carbocycles. The maximum Gasteiger partial charge on any atom is 0.291 e. The van der Waals surface area contributed by atoms with Gasteiger partial charge in [-0.05, 0) is 42.7 Å². The Hall–Kier alpha value is -2.60. The first-order valence-electron chi connectivity index (χ1n) is 8.34. The van der Waals surface area contributed by atoms with Gasteiger partial charge in [-0.25, -0.2) is 0 Å². The fourth-order valence-electron chi connectivity index (χ4n) is 2.33. The standard InChI is InChI=1S/C19H25N3O3/c1-13(2)16(20)9-10-22(3)19(24)14-6-4-7-15(12-14)21-18(23)17-8-5-11-25-17/h4-8,11-13,16H,9-10,20H2,1-3H3,(H,21,23). The maximum atomic E-state index is 12.5. The third kappa shape index (κ3) is 5.19. The van der Waals surface area contributed by atoms with Crippen LogP contribution in [0.5, 0.6) is 0 Å². The number of hydrogen-bond acceptors (Lipinski definition) is 4. The summed E-state index contributed by atoms with van der Waals surface area (Å²) in [5.41, 5.74) is 7.09. The largest absolute Gasteiger partial charge is 0.459 e. The van der Waals surface area contributed by atoms with Crippen molar-refractivity contribution in [1.82, 2.24) is 4.90 Å². The molecule has 0 aliphatic rings. The molecule has 2 rings (SSSR count). The number of anilines is 1. The van der Waals surface area contributed by atoms with Gasteiger partial charge in [0.2, 0.25) is 0 Å². The molecule has 1 heterocycles. The SMILES string of the molecule is CC(C)C(N)CCN(C)C(=O)c1cccc(NC(=O)c2ccco2)c1. The van der Waals surface area contributed by atoms with E-state index in [1.165, 1.54) is 6.26 Å². The normalized spacial score (nSPS) is 12.0. The van der Waals surface area contributed by atoms with E-state index in [4.69, 9.17) is 10.2 Å². The van der Waals surface area contributed by atoms with Gasteiger partial charge in [0.15, 0.2) is 5.76 Å². The quantitative estimate of drug-likeness (QED) is 0.809. The molecule has 0 bridgehead atoms. The first kappa shape index (κ1) is 18.7. The van der Waals surface area contributed by atoms with Crippen LogP contribution in [0.15, 0.2) is 47.1 Å². The molecule has 134 valence electrons. The molecule has 3 N–H and O–H groups in total. The third-order valence-corrected chi connectivity index (χ3v) is 4.11. The lowest BCUT2D eigenvalue weighted by atomic mass is 10.0. The van der Waals surface area contributed by atoms with Gasteiger partial charge in [-0.15, -0.1) is 0 Å². The molecule has 6 heteroatoms. The molecule has 0 fully saturated rings. The van der Waals surface area contributed by atoms with Crippen LogP contribution in [0, 0.1) is 5.92 Å². The van der Waals surface area contributed by atoms with Gasteiger partial charge in [0, 0.05) is 30.9 Å². The topological polar surface area (TPSA) is 88.6 Å². The number of benzene rings is 1.